The Morgan fingerprint density at radius 2 is 1.07 bits per heavy atom. The Bertz CT molecular complexity index is 121. The van der Waals surface area contributed by atoms with E-state index in [9.17, 15) is 0 Å². The van der Waals surface area contributed by atoms with Gasteiger partial charge in [-0.1, -0.05) is 0 Å². The zero-order chi connectivity index (χ0) is 7.82. The molecular weight excluding hydrogens is 252 g/mol. The monoisotopic (exact) mass is 268 g/mol. The summed E-state index contributed by atoms with van der Waals surface area (Å²) in [6.45, 7) is 0. The van der Waals surface area contributed by atoms with Crippen molar-refractivity contribution >= 4 is 8.60 Å². The van der Waals surface area contributed by atoms with E-state index in [1.54, 1.807) is 0 Å². The Morgan fingerprint density at radius 1 is 0.786 bits per heavy atom. The second-order valence-electron chi connectivity index (χ2n) is 1.35. The minimum atomic E-state index is -2.62. The van der Waals surface area contributed by atoms with E-state index in [1.165, 1.54) is 0 Å². The standard InChI is InChI=1S/C6H5.3CH3.H3O3P.Zn/c1-2-4-6-5-3-1;;;;1-4(2)3;/h1-5H;3*1H3;1-3H;/q4*-1;;. The summed E-state index contributed by atoms with van der Waals surface area (Å²) in [6, 6.07) is 12.5. The average molecular weight is 270 g/mol. The van der Waals surface area contributed by atoms with Gasteiger partial charge in [0.1, 0.15) is 0 Å². The van der Waals surface area contributed by atoms with Gasteiger partial charge in [-0.15, -0.1) is 0 Å². The molecule has 1 aromatic rings. The van der Waals surface area contributed by atoms with Crippen LogP contribution in [0.25, 0.3) is 0 Å². The van der Waals surface area contributed by atoms with Gasteiger partial charge < -0.3 is 37.0 Å². The van der Waals surface area contributed by atoms with Crippen molar-refractivity contribution in [2.75, 3.05) is 0 Å². The smallest absolute Gasteiger partial charge is 0.324 e. The molecule has 0 fully saturated rings. The van der Waals surface area contributed by atoms with Gasteiger partial charge >= 0.3 is 8.60 Å². The molecule has 0 unspecified atom stereocenters. The van der Waals surface area contributed by atoms with Crippen LogP contribution in [-0.4, -0.2) is 14.7 Å². The molecule has 0 aliphatic rings. The van der Waals surface area contributed by atoms with Crippen LogP contribution in [-0.2, 0) is 19.5 Å². The molecule has 3 nitrogen and oxygen atoms in total. The first-order valence-electron chi connectivity index (χ1n) is 2.51. The topological polar surface area (TPSA) is 60.7 Å². The van der Waals surface area contributed by atoms with Crippen LogP contribution in [0.2, 0.25) is 0 Å². The van der Waals surface area contributed by atoms with Crippen LogP contribution >= 0.6 is 8.60 Å². The Labute approximate surface area is 102 Å². The summed E-state index contributed by atoms with van der Waals surface area (Å²) in [4.78, 5) is 21.7. The molecule has 5 heteroatoms. The van der Waals surface area contributed by atoms with E-state index in [4.69, 9.17) is 14.7 Å². The Hall–Kier alpha value is 0.153. The predicted molar refractivity (Wildman–Crippen MR) is 58.1 cm³/mol. The third-order valence-electron chi connectivity index (χ3n) is 0.607. The molecular formula is C9H17O3PZn-4. The van der Waals surface area contributed by atoms with Crippen LogP contribution in [0.4, 0.5) is 0 Å². The molecule has 0 aliphatic heterocycles. The first-order chi connectivity index (χ1) is 4.73. The fourth-order valence-electron chi connectivity index (χ4n) is 0.342. The number of hydrogen-bond acceptors (Lipinski definition) is 3. The maximum atomic E-state index is 7.23. The van der Waals surface area contributed by atoms with Gasteiger partial charge in [0, 0.05) is 19.5 Å². The van der Waals surface area contributed by atoms with Crippen LogP contribution in [0.1, 0.15) is 0 Å². The zero-order valence-electron chi connectivity index (χ0n) is 8.88. The van der Waals surface area contributed by atoms with Crippen LogP contribution in [0, 0.1) is 28.3 Å². The molecule has 0 atom stereocenters. The third kappa shape index (κ3) is 39.9. The first kappa shape index (κ1) is 29.2. The van der Waals surface area contributed by atoms with E-state index < -0.39 is 8.60 Å². The predicted octanol–water partition coefficient (Wildman–Crippen LogP) is 2.03. The van der Waals surface area contributed by atoms with Crippen molar-refractivity contribution in [3.8, 4) is 0 Å². The van der Waals surface area contributed by atoms with Gasteiger partial charge in [-0.05, 0) is 0 Å². The number of hydrogen-bond donors (Lipinski definition) is 3. The van der Waals surface area contributed by atoms with Crippen molar-refractivity contribution in [2.24, 2.45) is 0 Å². The average Bonchev–Trinajstić information content (AvgIpc) is 1.90. The van der Waals surface area contributed by atoms with Gasteiger partial charge in [-0.3, -0.25) is 0 Å². The van der Waals surface area contributed by atoms with Gasteiger partial charge in [0.15, 0.2) is 0 Å². The molecule has 0 aromatic heterocycles. The molecule has 0 bridgehead atoms. The fourth-order valence-corrected chi connectivity index (χ4v) is 0.342. The zero-order valence-corrected chi connectivity index (χ0v) is 12.7. The van der Waals surface area contributed by atoms with Gasteiger partial charge in [-0.2, -0.15) is 36.4 Å². The van der Waals surface area contributed by atoms with E-state index in [2.05, 4.69) is 6.07 Å². The molecule has 0 heterocycles. The van der Waals surface area contributed by atoms with E-state index >= 15 is 0 Å². The fraction of sp³-hybridized carbons (Fsp3) is 0. The molecule has 3 N–H and O–H groups in total. The van der Waals surface area contributed by atoms with Gasteiger partial charge in [0.05, 0.1) is 0 Å². The second-order valence-corrected chi connectivity index (χ2v) is 1.88. The van der Waals surface area contributed by atoms with Crippen molar-refractivity contribution in [3.05, 3.63) is 58.7 Å². The van der Waals surface area contributed by atoms with Crippen molar-refractivity contribution in [1.82, 2.24) is 0 Å². The van der Waals surface area contributed by atoms with Crippen molar-refractivity contribution < 1.29 is 34.2 Å². The van der Waals surface area contributed by atoms with E-state index in [1.807, 2.05) is 30.3 Å². The molecule has 1 aromatic carbocycles. The van der Waals surface area contributed by atoms with Crippen molar-refractivity contribution in [1.29, 1.82) is 0 Å². The maximum absolute atomic E-state index is 7.23. The summed E-state index contributed by atoms with van der Waals surface area (Å²) >= 11 is 0. The molecule has 0 saturated heterocycles. The minimum absolute atomic E-state index is 0. The van der Waals surface area contributed by atoms with Gasteiger partial charge in [0.2, 0.25) is 0 Å². The summed E-state index contributed by atoms with van der Waals surface area (Å²) < 4.78 is 0. The SMILES string of the molecule is OP(O)O.[CH3-].[CH3-].[CH3-].[Zn].[c-]1ccccc1. The number of benzene rings is 1. The largest absolute Gasteiger partial charge is 0.358 e. The van der Waals surface area contributed by atoms with E-state index in [0.29, 0.717) is 0 Å². The Kier molecular flexibility index (Phi) is 48.4. The first-order valence-corrected chi connectivity index (χ1v) is 3.71. The Morgan fingerprint density at radius 3 is 1.14 bits per heavy atom. The summed E-state index contributed by atoms with van der Waals surface area (Å²) in [7, 11) is -2.62. The molecule has 82 valence electrons. The normalized spacial score (nSPS) is 6.00. The summed E-state index contributed by atoms with van der Waals surface area (Å²) in [6.07, 6.45) is 0. The minimum Gasteiger partial charge on any atom is -0.358 e. The number of rotatable bonds is 0. The van der Waals surface area contributed by atoms with Crippen molar-refractivity contribution in [3.63, 3.8) is 0 Å². The maximum Gasteiger partial charge on any atom is 0.324 e. The summed E-state index contributed by atoms with van der Waals surface area (Å²) in [5.41, 5.74) is 0. The van der Waals surface area contributed by atoms with E-state index in [-0.39, 0.29) is 41.8 Å². The van der Waals surface area contributed by atoms with Crippen molar-refractivity contribution in [2.45, 2.75) is 0 Å². The molecule has 0 saturated carbocycles. The van der Waals surface area contributed by atoms with Crippen LogP contribution in [0.5, 0.6) is 0 Å². The molecule has 0 aliphatic carbocycles. The molecule has 0 spiro atoms. The van der Waals surface area contributed by atoms with Gasteiger partial charge in [0.25, 0.3) is 0 Å². The van der Waals surface area contributed by atoms with Crippen LogP contribution < -0.4 is 0 Å². The summed E-state index contributed by atoms with van der Waals surface area (Å²) in [5, 5.41) is 0. The van der Waals surface area contributed by atoms with E-state index in [0.717, 1.165) is 0 Å². The molecule has 14 heavy (non-hydrogen) atoms. The molecule has 0 radical (unpaired) electrons. The third-order valence-corrected chi connectivity index (χ3v) is 0.607. The summed E-state index contributed by atoms with van der Waals surface area (Å²) in [5.74, 6) is 0. The van der Waals surface area contributed by atoms with Crippen LogP contribution in [0.3, 0.4) is 0 Å². The molecule has 0 amide bonds. The second kappa shape index (κ2) is 23.2. The van der Waals surface area contributed by atoms with Gasteiger partial charge in [-0.25, -0.2) is 0 Å². The van der Waals surface area contributed by atoms with Crippen LogP contribution in [0.15, 0.2) is 30.3 Å². The molecule has 1 rings (SSSR count). The Balaban J connectivity index is -0.0000000315. The quantitative estimate of drug-likeness (QED) is 0.384.